The maximum atomic E-state index is 12.1. The van der Waals surface area contributed by atoms with Crippen LogP contribution in [0.15, 0.2) is 0 Å². The lowest BCUT2D eigenvalue weighted by Gasteiger charge is -2.33. The summed E-state index contributed by atoms with van der Waals surface area (Å²) < 4.78 is 5.26. The average Bonchev–Trinajstić information content (AvgIpc) is 2.30. The van der Waals surface area contributed by atoms with Gasteiger partial charge in [0.15, 0.2) is 0 Å². The third-order valence-electron chi connectivity index (χ3n) is 3.69. The zero-order valence-corrected chi connectivity index (χ0v) is 9.58. The lowest BCUT2D eigenvalue weighted by Crippen LogP contribution is -2.44. The standard InChI is InChI=1S/C12H21NO2/c1-10-2-4-11(5-3-10)12(14)13-6-8-15-9-7-13/h10-11H,2-9H2,1H3/t10-,11+. The van der Waals surface area contributed by atoms with Gasteiger partial charge in [0.05, 0.1) is 13.2 Å². The Morgan fingerprint density at radius 2 is 1.73 bits per heavy atom. The number of amides is 1. The Labute approximate surface area is 91.8 Å². The van der Waals surface area contributed by atoms with E-state index >= 15 is 0 Å². The summed E-state index contributed by atoms with van der Waals surface area (Å²) >= 11 is 0. The molecule has 0 radical (unpaired) electrons. The van der Waals surface area contributed by atoms with E-state index in [0.29, 0.717) is 11.8 Å². The highest BCUT2D eigenvalue weighted by Crippen LogP contribution is 2.29. The van der Waals surface area contributed by atoms with Crippen LogP contribution in [0.25, 0.3) is 0 Å². The zero-order chi connectivity index (χ0) is 10.7. The summed E-state index contributed by atoms with van der Waals surface area (Å²) in [5.41, 5.74) is 0. The second-order valence-electron chi connectivity index (χ2n) is 4.89. The number of hydrogen-bond donors (Lipinski definition) is 0. The van der Waals surface area contributed by atoms with Gasteiger partial charge in [0, 0.05) is 19.0 Å². The summed E-state index contributed by atoms with van der Waals surface area (Å²) in [7, 11) is 0. The Kier molecular flexibility index (Phi) is 3.62. The van der Waals surface area contributed by atoms with Crippen LogP contribution in [0.1, 0.15) is 32.6 Å². The van der Waals surface area contributed by atoms with Crippen molar-refractivity contribution in [3.8, 4) is 0 Å². The largest absolute Gasteiger partial charge is 0.378 e. The molecule has 1 heterocycles. The van der Waals surface area contributed by atoms with Gasteiger partial charge in [0.2, 0.25) is 5.91 Å². The van der Waals surface area contributed by atoms with Crippen LogP contribution in [0.4, 0.5) is 0 Å². The summed E-state index contributed by atoms with van der Waals surface area (Å²) in [6, 6.07) is 0. The fourth-order valence-corrected chi connectivity index (χ4v) is 2.55. The van der Waals surface area contributed by atoms with E-state index in [9.17, 15) is 4.79 Å². The van der Waals surface area contributed by atoms with Gasteiger partial charge in [-0.1, -0.05) is 6.92 Å². The first kappa shape index (κ1) is 10.9. The highest BCUT2D eigenvalue weighted by molar-refractivity contribution is 5.79. The van der Waals surface area contributed by atoms with Gasteiger partial charge in [0.25, 0.3) is 0 Å². The fraction of sp³-hybridized carbons (Fsp3) is 0.917. The minimum atomic E-state index is 0.305. The van der Waals surface area contributed by atoms with Crippen molar-refractivity contribution in [2.75, 3.05) is 26.3 Å². The Morgan fingerprint density at radius 3 is 2.33 bits per heavy atom. The maximum absolute atomic E-state index is 12.1. The molecule has 0 N–H and O–H groups in total. The molecule has 3 heteroatoms. The third kappa shape index (κ3) is 2.71. The third-order valence-corrected chi connectivity index (χ3v) is 3.69. The predicted octanol–water partition coefficient (Wildman–Crippen LogP) is 1.67. The van der Waals surface area contributed by atoms with E-state index in [-0.39, 0.29) is 0 Å². The minimum Gasteiger partial charge on any atom is -0.378 e. The summed E-state index contributed by atoms with van der Waals surface area (Å²) in [6.07, 6.45) is 4.64. The number of morpholine rings is 1. The zero-order valence-electron chi connectivity index (χ0n) is 9.58. The second-order valence-corrected chi connectivity index (χ2v) is 4.89. The Balaban J connectivity index is 1.84. The molecule has 0 atom stereocenters. The van der Waals surface area contributed by atoms with E-state index in [4.69, 9.17) is 4.74 Å². The molecular weight excluding hydrogens is 190 g/mol. The molecule has 0 aromatic heterocycles. The number of carbonyl (C=O) groups is 1. The molecule has 2 rings (SSSR count). The second kappa shape index (κ2) is 4.97. The molecule has 0 unspecified atom stereocenters. The van der Waals surface area contributed by atoms with Crippen LogP contribution in [0.2, 0.25) is 0 Å². The van der Waals surface area contributed by atoms with Crippen LogP contribution < -0.4 is 0 Å². The summed E-state index contributed by atoms with van der Waals surface area (Å²) in [5, 5.41) is 0. The van der Waals surface area contributed by atoms with Crippen LogP contribution in [0.5, 0.6) is 0 Å². The molecule has 86 valence electrons. The topological polar surface area (TPSA) is 29.5 Å². The van der Waals surface area contributed by atoms with E-state index in [1.165, 1.54) is 12.8 Å². The van der Waals surface area contributed by atoms with Crippen molar-refractivity contribution in [3.05, 3.63) is 0 Å². The molecule has 2 fully saturated rings. The lowest BCUT2D eigenvalue weighted by molar-refractivity contribution is -0.140. The normalized spacial score (nSPS) is 32.7. The van der Waals surface area contributed by atoms with Gasteiger partial charge in [-0.2, -0.15) is 0 Å². The monoisotopic (exact) mass is 211 g/mol. The van der Waals surface area contributed by atoms with Crippen molar-refractivity contribution in [2.45, 2.75) is 32.6 Å². The Bertz CT molecular complexity index is 216. The molecule has 3 nitrogen and oxygen atoms in total. The summed E-state index contributed by atoms with van der Waals surface area (Å²) in [4.78, 5) is 14.1. The van der Waals surface area contributed by atoms with Gasteiger partial charge in [0.1, 0.15) is 0 Å². The van der Waals surface area contributed by atoms with Gasteiger partial charge in [-0.05, 0) is 31.6 Å². The van der Waals surface area contributed by atoms with E-state index in [1.54, 1.807) is 0 Å². The molecule has 1 amide bonds. The smallest absolute Gasteiger partial charge is 0.225 e. The maximum Gasteiger partial charge on any atom is 0.225 e. The minimum absolute atomic E-state index is 0.305. The molecule has 0 aromatic rings. The van der Waals surface area contributed by atoms with Crippen molar-refractivity contribution in [2.24, 2.45) is 11.8 Å². The van der Waals surface area contributed by atoms with E-state index < -0.39 is 0 Å². The number of ether oxygens (including phenoxy) is 1. The molecule has 0 spiro atoms. The van der Waals surface area contributed by atoms with Crippen LogP contribution in [0.3, 0.4) is 0 Å². The number of rotatable bonds is 1. The first-order chi connectivity index (χ1) is 7.27. The van der Waals surface area contributed by atoms with E-state index in [0.717, 1.165) is 45.1 Å². The van der Waals surface area contributed by atoms with Gasteiger partial charge >= 0.3 is 0 Å². The molecule has 1 saturated heterocycles. The summed E-state index contributed by atoms with van der Waals surface area (Å²) in [5.74, 6) is 1.50. The molecule has 0 aromatic carbocycles. The SMILES string of the molecule is C[C@H]1CC[C@@H](C(=O)N2CCOCC2)CC1. The first-order valence-corrected chi connectivity index (χ1v) is 6.14. The summed E-state index contributed by atoms with van der Waals surface area (Å²) in [6.45, 7) is 5.31. The number of nitrogens with zero attached hydrogens (tertiary/aromatic N) is 1. The highest BCUT2D eigenvalue weighted by Gasteiger charge is 2.28. The quantitative estimate of drug-likeness (QED) is 0.660. The van der Waals surface area contributed by atoms with Crippen LogP contribution in [-0.2, 0) is 9.53 Å². The molecular formula is C12H21NO2. The molecule has 0 bridgehead atoms. The van der Waals surface area contributed by atoms with Gasteiger partial charge in [-0.3, -0.25) is 4.79 Å². The van der Waals surface area contributed by atoms with Crippen molar-refractivity contribution < 1.29 is 9.53 Å². The van der Waals surface area contributed by atoms with E-state index in [2.05, 4.69) is 6.92 Å². The van der Waals surface area contributed by atoms with Crippen molar-refractivity contribution in [1.82, 2.24) is 4.90 Å². The Hall–Kier alpha value is -0.570. The molecule has 1 aliphatic heterocycles. The highest BCUT2D eigenvalue weighted by atomic mass is 16.5. The van der Waals surface area contributed by atoms with E-state index in [1.807, 2.05) is 4.90 Å². The molecule has 15 heavy (non-hydrogen) atoms. The fourth-order valence-electron chi connectivity index (χ4n) is 2.55. The lowest BCUT2D eigenvalue weighted by atomic mass is 9.82. The van der Waals surface area contributed by atoms with Crippen LogP contribution >= 0.6 is 0 Å². The van der Waals surface area contributed by atoms with Crippen LogP contribution in [0, 0.1) is 11.8 Å². The number of hydrogen-bond acceptors (Lipinski definition) is 2. The molecule has 1 aliphatic carbocycles. The van der Waals surface area contributed by atoms with Crippen molar-refractivity contribution >= 4 is 5.91 Å². The molecule has 2 aliphatic rings. The van der Waals surface area contributed by atoms with Gasteiger partial charge in [-0.15, -0.1) is 0 Å². The van der Waals surface area contributed by atoms with Crippen molar-refractivity contribution in [1.29, 1.82) is 0 Å². The Morgan fingerprint density at radius 1 is 1.13 bits per heavy atom. The predicted molar refractivity (Wildman–Crippen MR) is 58.5 cm³/mol. The van der Waals surface area contributed by atoms with Gasteiger partial charge in [-0.25, -0.2) is 0 Å². The number of carbonyl (C=O) groups excluding carboxylic acids is 1. The first-order valence-electron chi connectivity index (χ1n) is 6.14. The van der Waals surface area contributed by atoms with Crippen molar-refractivity contribution in [3.63, 3.8) is 0 Å². The van der Waals surface area contributed by atoms with Crippen LogP contribution in [-0.4, -0.2) is 37.1 Å². The van der Waals surface area contributed by atoms with Gasteiger partial charge < -0.3 is 9.64 Å². The average molecular weight is 211 g/mol. The molecule has 1 saturated carbocycles.